The molecular formula is C24H24ClN5O3S. The molecule has 0 atom stereocenters. The van der Waals surface area contributed by atoms with Gasteiger partial charge < -0.3 is 10.2 Å². The Kier molecular flexibility index (Phi) is 6.49. The van der Waals surface area contributed by atoms with Crippen LogP contribution in [-0.2, 0) is 9.59 Å². The summed E-state index contributed by atoms with van der Waals surface area (Å²) in [5.74, 6) is -0.669. The smallest absolute Gasteiger partial charge is 0.251 e. The Morgan fingerprint density at radius 1 is 1.03 bits per heavy atom. The summed E-state index contributed by atoms with van der Waals surface area (Å²) in [6.45, 7) is 4.76. The molecular weight excluding hydrogens is 474 g/mol. The van der Waals surface area contributed by atoms with Gasteiger partial charge in [-0.2, -0.15) is 0 Å². The number of hydrogen-bond donors (Lipinski definition) is 1. The number of thiazole rings is 1. The number of hydrogen-bond acceptors (Lipinski definition) is 7. The normalized spacial score (nSPS) is 17.1. The fourth-order valence-electron chi connectivity index (χ4n) is 4.28. The van der Waals surface area contributed by atoms with Crippen LogP contribution in [0.4, 0.5) is 10.8 Å². The molecule has 3 heterocycles. The molecule has 3 aromatic rings. The molecule has 0 bridgehead atoms. The summed E-state index contributed by atoms with van der Waals surface area (Å²) in [7, 11) is 0. The summed E-state index contributed by atoms with van der Waals surface area (Å²) in [4.78, 5) is 47.0. The van der Waals surface area contributed by atoms with Crippen LogP contribution < -0.4 is 15.1 Å². The highest BCUT2D eigenvalue weighted by atomic mass is 35.5. The number of para-hydroxylation sites is 1. The predicted octanol–water partition coefficient (Wildman–Crippen LogP) is 3.16. The number of halogens is 1. The Hall–Kier alpha value is -3.01. The molecule has 3 amide bonds. The zero-order valence-corrected chi connectivity index (χ0v) is 20.1. The van der Waals surface area contributed by atoms with Gasteiger partial charge in [0.15, 0.2) is 5.13 Å². The van der Waals surface area contributed by atoms with Crippen LogP contribution in [0, 0.1) is 0 Å². The van der Waals surface area contributed by atoms with Crippen molar-refractivity contribution < 1.29 is 14.4 Å². The third-order valence-corrected chi connectivity index (χ3v) is 7.52. The van der Waals surface area contributed by atoms with Crippen LogP contribution >= 0.6 is 22.9 Å². The summed E-state index contributed by atoms with van der Waals surface area (Å²) in [6, 6.07) is 12.5. The number of aromatic nitrogens is 1. The molecule has 1 aromatic heterocycles. The first kappa shape index (κ1) is 22.8. The van der Waals surface area contributed by atoms with Crippen LogP contribution in [0.5, 0.6) is 0 Å². The number of nitrogens with zero attached hydrogens (tertiary/aromatic N) is 4. The highest BCUT2D eigenvalue weighted by Crippen LogP contribution is 2.33. The number of anilines is 2. The van der Waals surface area contributed by atoms with Crippen molar-refractivity contribution in [1.29, 1.82) is 0 Å². The van der Waals surface area contributed by atoms with Crippen LogP contribution in [0.25, 0.3) is 10.2 Å². The summed E-state index contributed by atoms with van der Waals surface area (Å²) >= 11 is 7.92. The fraction of sp³-hybridized carbons (Fsp3) is 0.333. The number of imide groups is 1. The number of fused-ring (bicyclic) bond motifs is 1. The lowest BCUT2D eigenvalue weighted by Gasteiger charge is -2.34. The Balaban J connectivity index is 1.11. The van der Waals surface area contributed by atoms with E-state index in [0.717, 1.165) is 53.0 Å². The zero-order valence-electron chi connectivity index (χ0n) is 18.5. The van der Waals surface area contributed by atoms with Gasteiger partial charge in [-0.1, -0.05) is 35.1 Å². The van der Waals surface area contributed by atoms with Crippen LogP contribution in [-0.4, -0.2) is 66.9 Å². The molecule has 2 saturated heterocycles. The van der Waals surface area contributed by atoms with E-state index in [1.54, 1.807) is 35.6 Å². The maximum atomic E-state index is 12.6. The van der Waals surface area contributed by atoms with E-state index >= 15 is 0 Å². The van der Waals surface area contributed by atoms with Gasteiger partial charge in [0.1, 0.15) is 5.52 Å². The molecule has 1 N–H and O–H groups in total. The molecule has 2 aliphatic rings. The Bertz CT molecular complexity index is 1240. The average molecular weight is 498 g/mol. The van der Waals surface area contributed by atoms with Crippen LogP contribution in [0.3, 0.4) is 0 Å². The monoisotopic (exact) mass is 497 g/mol. The third-order valence-electron chi connectivity index (χ3n) is 6.13. The van der Waals surface area contributed by atoms with E-state index in [1.165, 1.54) is 0 Å². The lowest BCUT2D eigenvalue weighted by Crippen LogP contribution is -2.48. The van der Waals surface area contributed by atoms with Crippen molar-refractivity contribution in [1.82, 2.24) is 15.2 Å². The minimum Gasteiger partial charge on any atom is -0.351 e. The summed E-state index contributed by atoms with van der Waals surface area (Å²) < 4.78 is 1.09. The van der Waals surface area contributed by atoms with Crippen molar-refractivity contribution in [2.45, 2.75) is 12.8 Å². The number of nitrogens with one attached hydrogen (secondary N) is 1. The van der Waals surface area contributed by atoms with Crippen molar-refractivity contribution in [3.63, 3.8) is 0 Å². The Morgan fingerprint density at radius 2 is 1.76 bits per heavy atom. The van der Waals surface area contributed by atoms with Gasteiger partial charge >= 0.3 is 0 Å². The van der Waals surface area contributed by atoms with Gasteiger partial charge in [0.25, 0.3) is 5.91 Å². The third kappa shape index (κ3) is 4.64. The van der Waals surface area contributed by atoms with Crippen molar-refractivity contribution >= 4 is 61.7 Å². The number of rotatable bonds is 6. The van der Waals surface area contributed by atoms with Crippen molar-refractivity contribution in [3.05, 3.63) is 53.1 Å². The maximum absolute atomic E-state index is 12.6. The van der Waals surface area contributed by atoms with E-state index in [9.17, 15) is 14.4 Å². The van der Waals surface area contributed by atoms with E-state index in [0.29, 0.717) is 22.8 Å². The van der Waals surface area contributed by atoms with Gasteiger partial charge in [-0.05, 0) is 30.3 Å². The molecule has 0 radical (unpaired) electrons. The van der Waals surface area contributed by atoms with Crippen molar-refractivity contribution in [2.75, 3.05) is 49.1 Å². The van der Waals surface area contributed by atoms with E-state index in [-0.39, 0.29) is 30.6 Å². The maximum Gasteiger partial charge on any atom is 0.251 e. The quantitative estimate of drug-likeness (QED) is 0.526. The highest BCUT2D eigenvalue weighted by molar-refractivity contribution is 7.22. The van der Waals surface area contributed by atoms with Crippen LogP contribution in [0.2, 0.25) is 5.02 Å². The molecule has 0 aliphatic carbocycles. The topological polar surface area (TPSA) is 85.8 Å². The molecule has 34 heavy (non-hydrogen) atoms. The Morgan fingerprint density at radius 3 is 2.50 bits per heavy atom. The van der Waals surface area contributed by atoms with Crippen molar-refractivity contribution in [3.8, 4) is 0 Å². The number of amides is 3. The molecule has 0 unspecified atom stereocenters. The molecule has 8 nitrogen and oxygen atoms in total. The molecule has 2 fully saturated rings. The number of piperazine rings is 1. The van der Waals surface area contributed by atoms with Gasteiger partial charge in [0, 0.05) is 57.7 Å². The van der Waals surface area contributed by atoms with E-state index in [4.69, 9.17) is 16.6 Å². The Labute approximate surface area is 206 Å². The highest BCUT2D eigenvalue weighted by Gasteiger charge is 2.30. The van der Waals surface area contributed by atoms with Gasteiger partial charge in [0.2, 0.25) is 11.8 Å². The van der Waals surface area contributed by atoms with Crippen LogP contribution in [0.1, 0.15) is 23.2 Å². The van der Waals surface area contributed by atoms with Gasteiger partial charge in [0.05, 0.1) is 15.4 Å². The minimum absolute atomic E-state index is 0.217. The lowest BCUT2D eigenvalue weighted by molar-refractivity contribution is -0.121. The molecule has 176 valence electrons. The SMILES string of the molecule is O=C(NCCN1CCN(c2nc3c(Cl)cccc3s2)CC1)c1cccc(N2C(=O)CCC2=O)c1. The molecule has 0 spiro atoms. The van der Waals surface area contributed by atoms with Gasteiger partial charge in [-0.3, -0.25) is 24.2 Å². The van der Waals surface area contributed by atoms with Crippen molar-refractivity contribution in [2.24, 2.45) is 0 Å². The number of carbonyl (C=O) groups is 3. The molecule has 2 aliphatic heterocycles. The lowest BCUT2D eigenvalue weighted by atomic mass is 10.1. The van der Waals surface area contributed by atoms with Gasteiger partial charge in [-0.15, -0.1) is 0 Å². The molecule has 0 saturated carbocycles. The first-order valence-electron chi connectivity index (χ1n) is 11.3. The first-order chi connectivity index (χ1) is 16.5. The zero-order chi connectivity index (χ0) is 23.7. The summed E-state index contributed by atoms with van der Waals surface area (Å²) in [5.41, 5.74) is 1.74. The number of benzene rings is 2. The summed E-state index contributed by atoms with van der Waals surface area (Å²) in [6.07, 6.45) is 0.435. The summed E-state index contributed by atoms with van der Waals surface area (Å²) in [5, 5.41) is 4.62. The molecule has 2 aromatic carbocycles. The minimum atomic E-state index is -0.226. The largest absolute Gasteiger partial charge is 0.351 e. The van der Waals surface area contributed by atoms with E-state index in [1.807, 2.05) is 18.2 Å². The van der Waals surface area contributed by atoms with E-state index < -0.39 is 0 Å². The second-order valence-corrected chi connectivity index (χ2v) is 9.76. The fourth-order valence-corrected chi connectivity index (χ4v) is 5.60. The second kappa shape index (κ2) is 9.69. The predicted molar refractivity (Wildman–Crippen MR) is 134 cm³/mol. The molecule has 10 heteroatoms. The number of carbonyl (C=O) groups excluding carboxylic acids is 3. The van der Waals surface area contributed by atoms with E-state index in [2.05, 4.69) is 15.1 Å². The standard InChI is InChI=1S/C24H24ClN5O3S/c25-18-5-2-6-19-22(18)27-24(34-19)29-13-11-28(12-14-29)10-9-26-23(33)16-3-1-4-17(15-16)30-20(31)7-8-21(30)32/h1-6,15H,7-14H2,(H,26,33). The van der Waals surface area contributed by atoms with Gasteiger partial charge in [-0.25, -0.2) is 4.98 Å². The first-order valence-corrected chi connectivity index (χ1v) is 12.5. The molecule has 5 rings (SSSR count). The van der Waals surface area contributed by atoms with Crippen LogP contribution in [0.15, 0.2) is 42.5 Å². The average Bonchev–Trinajstić information content (AvgIpc) is 3.43. The second-order valence-electron chi connectivity index (χ2n) is 8.34.